The molecule has 0 radical (unpaired) electrons. The molecule has 0 saturated carbocycles. The summed E-state index contributed by atoms with van der Waals surface area (Å²) < 4.78 is 3.70. The number of nitrogens with zero attached hydrogens (tertiary/aromatic N) is 4. The molecule has 2 heterocycles. The molecule has 1 N–H and O–H groups in total. The number of halogens is 1. The van der Waals surface area contributed by atoms with Crippen molar-refractivity contribution in [3.8, 4) is 0 Å². The summed E-state index contributed by atoms with van der Waals surface area (Å²) in [6.45, 7) is 3.69. The second-order valence-electron chi connectivity index (χ2n) is 4.52. The zero-order valence-electron chi connectivity index (χ0n) is 10.9. The van der Waals surface area contributed by atoms with Gasteiger partial charge in [-0.3, -0.25) is 9.48 Å². The summed E-state index contributed by atoms with van der Waals surface area (Å²) in [7, 11) is 1.62. The van der Waals surface area contributed by atoms with E-state index in [1.54, 1.807) is 19.4 Å². The van der Waals surface area contributed by atoms with Crippen LogP contribution in [0.15, 0.2) is 33.9 Å². The summed E-state index contributed by atoms with van der Waals surface area (Å²) in [5.74, 6) is 0.385. The van der Waals surface area contributed by atoms with Gasteiger partial charge in [0.05, 0.1) is 11.9 Å². The molecule has 0 aliphatic heterocycles. The minimum Gasteiger partial charge on any atom is -0.382 e. The molecule has 0 fully saturated rings. The van der Waals surface area contributed by atoms with Crippen LogP contribution in [0.4, 0.5) is 5.69 Å². The molecule has 0 aromatic carbocycles. The Hall–Kier alpha value is -1.63. The van der Waals surface area contributed by atoms with Crippen LogP contribution >= 0.6 is 15.9 Å². The van der Waals surface area contributed by atoms with Crippen LogP contribution in [-0.2, 0) is 13.6 Å². The molecule has 6 nitrogen and oxygen atoms in total. The van der Waals surface area contributed by atoms with Gasteiger partial charge in [0.1, 0.15) is 4.47 Å². The fourth-order valence-corrected chi connectivity index (χ4v) is 2.21. The van der Waals surface area contributed by atoms with E-state index in [1.165, 1.54) is 4.68 Å². The first-order valence-electron chi connectivity index (χ1n) is 6.01. The van der Waals surface area contributed by atoms with Gasteiger partial charge in [-0.05, 0) is 27.9 Å². The van der Waals surface area contributed by atoms with E-state index in [9.17, 15) is 4.79 Å². The zero-order valence-corrected chi connectivity index (χ0v) is 12.5. The van der Waals surface area contributed by atoms with Crippen molar-refractivity contribution in [2.45, 2.75) is 13.5 Å². The van der Waals surface area contributed by atoms with E-state index in [2.05, 4.69) is 38.4 Å². The molecule has 0 aliphatic rings. The fourth-order valence-electron chi connectivity index (χ4n) is 1.71. The van der Waals surface area contributed by atoms with Gasteiger partial charge in [-0.1, -0.05) is 6.92 Å². The molecule has 0 spiro atoms. The maximum Gasteiger partial charge on any atom is 0.282 e. The molecule has 2 rings (SSSR count). The molecule has 2 aromatic heterocycles. The molecular formula is C12H16BrN5O. The van der Waals surface area contributed by atoms with Crippen LogP contribution in [0, 0.1) is 5.92 Å². The van der Waals surface area contributed by atoms with E-state index in [1.807, 2.05) is 16.9 Å². The smallest absolute Gasteiger partial charge is 0.282 e. The van der Waals surface area contributed by atoms with Gasteiger partial charge in [-0.25, -0.2) is 4.68 Å². The Labute approximate surface area is 119 Å². The first-order chi connectivity index (χ1) is 9.08. The van der Waals surface area contributed by atoms with E-state index in [-0.39, 0.29) is 5.56 Å². The lowest BCUT2D eigenvalue weighted by Crippen LogP contribution is -2.23. The van der Waals surface area contributed by atoms with Crippen LogP contribution in [0.3, 0.4) is 0 Å². The van der Waals surface area contributed by atoms with Crippen molar-refractivity contribution in [3.63, 3.8) is 0 Å². The van der Waals surface area contributed by atoms with Crippen molar-refractivity contribution in [2.75, 3.05) is 11.9 Å². The van der Waals surface area contributed by atoms with Crippen molar-refractivity contribution in [3.05, 3.63) is 39.5 Å². The highest BCUT2D eigenvalue weighted by molar-refractivity contribution is 9.10. The Bertz CT molecular complexity index is 593. The molecule has 0 aliphatic carbocycles. The number of rotatable bonds is 5. The summed E-state index contributed by atoms with van der Waals surface area (Å²) in [6, 6.07) is 1.90. The topological polar surface area (TPSA) is 64.7 Å². The van der Waals surface area contributed by atoms with Crippen LogP contribution < -0.4 is 10.9 Å². The number of hydrogen-bond donors (Lipinski definition) is 1. The van der Waals surface area contributed by atoms with Gasteiger partial charge in [0.15, 0.2) is 0 Å². The fraction of sp³-hybridized carbons (Fsp3) is 0.417. The van der Waals surface area contributed by atoms with Gasteiger partial charge in [-0.15, -0.1) is 0 Å². The summed E-state index contributed by atoms with van der Waals surface area (Å²) in [6.07, 6.45) is 5.35. The SMILES string of the molecule is CC(CNc1cnn(C)c(=O)c1Br)Cn1cccn1. The minimum atomic E-state index is -0.148. The zero-order chi connectivity index (χ0) is 13.8. The number of aromatic nitrogens is 4. The quantitative estimate of drug-likeness (QED) is 0.904. The molecule has 2 aromatic rings. The second-order valence-corrected chi connectivity index (χ2v) is 5.31. The first kappa shape index (κ1) is 13.8. The minimum absolute atomic E-state index is 0.148. The number of anilines is 1. The lowest BCUT2D eigenvalue weighted by molar-refractivity contribution is 0.467. The maximum absolute atomic E-state index is 11.7. The molecule has 1 atom stereocenters. The van der Waals surface area contributed by atoms with Crippen molar-refractivity contribution in [1.29, 1.82) is 0 Å². The van der Waals surface area contributed by atoms with E-state index >= 15 is 0 Å². The standard InChI is InChI=1S/C12H16BrN5O/c1-9(8-18-5-3-4-15-18)6-14-10-7-16-17(2)12(19)11(10)13/h3-5,7,9,14H,6,8H2,1-2H3. The van der Waals surface area contributed by atoms with Crippen LogP contribution in [0.5, 0.6) is 0 Å². The normalized spacial score (nSPS) is 12.4. The molecule has 102 valence electrons. The molecule has 0 bridgehead atoms. The molecule has 0 saturated heterocycles. The van der Waals surface area contributed by atoms with Crippen LogP contribution in [0.25, 0.3) is 0 Å². The van der Waals surface area contributed by atoms with Gasteiger partial charge in [0.25, 0.3) is 5.56 Å². The Kier molecular flexibility index (Phi) is 4.36. The van der Waals surface area contributed by atoms with Crippen molar-refractivity contribution >= 4 is 21.6 Å². The third kappa shape index (κ3) is 3.44. The van der Waals surface area contributed by atoms with Crippen molar-refractivity contribution in [1.82, 2.24) is 19.6 Å². The third-order valence-electron chi connectivity index (χ3n) is 2.78. The second kappa shape index (κ2) is 6.01. The summed E-state index contributed by atoms with van der Waals surface area (Å²) >= 11 is 3.29. The van der Waals surface area contributed by atoms with E-state index in [4.69, 9.17) is 0 Å². The average Bonchev–Trinajstić information content (AvgIpc) is 2.88. The average molecular weight is 326 g/mol. The molecule has 19 heavy (non-hydrogen) atoms. The van der Waals surface area contributed by atoms with Gasteiger partial charge < -0.3 is 5.32 Å². The predicted molar refractivity (Wildman–Crippen MR) is 77.1 cm³/mol. The third-order valence-corrected chi connectivity index (χ3v) is 3.54. The van der Waals surface area contributed by atoms with Crippen LogP contribution in [0.1, 0.15) is 6.92 Å². The van der Waals surface area contributed by atoms with Crippen molar-refractivity contribution < 1.29 is 0 Å². The molecule has 7 heteroatoms. The van der Waals surface area contributed by atoms with Gasteiger partial charge in [0.2, 0.25) is 0 Å². The lowest BCUT2D eigenvalue weighted by Gasteiger charge is -2.14. The van der Waals surface area contributed by atoms with Crippen LogP contribution in [0.2, 0.25) is 0 Å². The van der Waals surface area contributed by atoms with Crippen molar-refractivity contribution in [2.24, 2.45) is 13.0 Å². The summed E-state index contributed by atoms with van der Waals surface area (Å²) in [4.78, 5) is 11.7. The number of aryl methyl sites for hydroxylation is 1. The lowest BCUT2D eigenvalue weighted by atomic mass is 10.2. The largest absolute Gasteiger partial charge is 0.382 e. The Morgan fingerprint density at radius 1 is 1.47 bits per heavy atom. The maximum atomic E-state index is 11.7. The summed E-state index contributed by atoms with van der Waals surface area (Å²) in [5, 5.41) is 11.4. The van der Waals surface area contributed by atoms with Gasteiger partial charge in [0, 0.05) is 32.5 Å². The Morgan fingerprint density at radius 2 is 2.26 bits per heavy atom. The monoisotopic (exact) mass is 325 g/mol. The van der Waals surface area contributed by atoms with Gasteiger partial charge >= 0.3 is 0 Å². The Balaban J connectivity index is 1.95. The van der Waals surface area contributed by atoms with Crippen LogP contribution in [-0.4, -0.2) is 26.1 Å². The van der Waals surface area contributed by atoms with Gasteiger partial charge in [-0.2, -0.15) is 10.2 Å². The molecule has 0 amide bonds. The molecule has 1 unspecified atom stereocenters. The highest BCUT2D eigenvalue weighted by atomic mass is 79.9. The summed E-state index contributed by atoms with van der Waals surface area (Å²) in [5.41, 5.74) is 0.570. The Morgan fingerprint density at radius 3 is 2.95 bits per heavy atom. The number of nitrogens with one attached hydrogen (secondary N) is 1. The number of hydrogen-bond acceptors (Lipinski definition) is 4. The highest BCUT2D eigenvalue weighted by Gasteiger charge is 2.08. The molecular weight excluding hydrogens is 310 g/mol. The van der Waals surface area contributed by atoms with E-state index < -0.39 is 0 Å². The first-order valence-corrected chi connectivity index (χ1v) is 6.80. The van der Waals surface area contributed by atoms with E-state index in [0.29, 0.717) is 10.4 Å². The van der Waals surface area contributed by atoms with E-state index in [0.717, 1.165) is 18.8 Å². The highest BCUT2D eigenvalue weighted by Crippen LogP contribution is 2.16. The predicted octanol–water partition coefficient (Wildman–Crippen LogP) is 1.49.